The second kappa shape index (κ2) is 10.3. The number of carbonyl (C=O) groups excluding carboxylic acids is 2. The summed E-state index contributed by atoms with van der Waals surface area (Å²) in [4.78, 5) is 24.1. The van der Waals surface area contributed by atoms with Crippen LogP contribution in [0.25, 0.3) is 16.9 Å². The Kier molecular flexibility index (Phi) is 7.35. The molecule has 2 heterocycles. The molecule has 2 atom stereocenters. The van der Waals surface area contributed by atoms with Gasteiger partial charge in [0, 0.05) is 24.6 Å². The molecule has 2 amide bonds. The number of nitrogens with one attached hydrogen (secondary N) is 2. The lowest BCUT2D eigenvalue weighted by molar-refractivity contribution is -0.275. The molecule has 1 fully saturated rings. The molecule has 1 aromatic heterocycles. The van der Waals surface area contributed by atoms with Gasteiger partial charge < -0.3 is 15.4 Å². The Morgan fingerprint density at radius 1 is 1.19 bits per heavy atom. The van der Waals surface area contributed by atoms with E-state index in [0.717, 1.165) is 13.0 Å². The molecule has 4 rings (SSSR count). The van der Waals surface area contributed by atoms with Gasteiger partial charge in [0.15, 0.2) is 11.4 Å². The zero-order valence-electron chi connectivity index (χ0n) is 20.2. The number of benzene rings is 2. The van der Waals surface area contributed by atoms with E-state index in [2.05, 4.69) is 15.7 Å². The van der Waals surface area contributed by atoms with Crippen molar-refractivity contribution in [1.29, 1.82) is 0 Å². The Labute approximate surface area is 210 Å². The van der Waals surface area contributed by atoms with Crippen LogP contribution in [-0.4, -0.2) is 39.9 Å². The Balaban J connectivity index is 1.67. The van der Waals surface area contributed by atoms with Gasteiger partial charge >= 0.3 is 6.18 Å². The predicted octanol–water partition coefficient (Wildman–Crippen LogP) is 5.00. The van der Waals surface area contributed by atoms with E-state index in [1.165, 1.54) is 23.7 Å². The van der Waals surface area contributed by atoms with Crippen LogP contribution in [0.4, 0.5) is 23.4 Å². The minimum Gasteiger partial charge on any atom is -0.361 e. The normalized spacial score (nSPS) is 17.4. The van der Waals surface area contributed by atoms with Crippen molar-refractivity contribution < 1.29 is 31.9 Å². The van der Waals surface area contributed by atoms with Crippen LogP contribution in [0.5, 0.6) is 0 Å². The quantitative estimate of drug-likeness (QED) is 0.411. The molecule has 11 heteroatoms. The topological polar surface area (TPSA) is 85.2 Å². The van der Waals surface area contributed by atoms with Gasteiger partial charge in [-0.05, 0) is 49.2 Å². The number of rotatable bonds is 8. The van der Waals surface area contributed by atoms with Crippen molar-refractivity contribution in [3.05, 3.63) is 66.0 Å². The maximum Gasteiger partial charge on any atom is 0.417 e. The van der Waals surface area contributed by atoms with Gasteiger partial charge in [0.2, 0.25) is 11.8 Å². The van der Waals surface area contributed by atoms with Crippen molar-refractivity contribution in [3.63, 3.8) is 0 Å². The summed E-state index contributed by atoms with van der Waals surface area (Å²) in [6.45, 7) is 2.09. The molecule has 0 aliphatic carbocycles. The molecule has 3 aromatic rings. The van der Waals surface area contributed by atoms with Crippen LogP contribution in [0.2, 0.25) is 0 Å². The van der Waals surface area contributed by atoms with Crippen molar-refractivity contribution in [2.75, 3.05) is 11.9 Å². The average molecular weight is 519 g/mol. The second-order valence-corrected chi connectivity index (χ2v) is 9.08. The van der Waals surface area contributed by atoms with Gasteiger partial charge in [-0.2, -0.15) is 13.2 Å². The van der Waals surface area contributed by atoms with E-state index in [-0.39, 0.29) is 42.6 Å². The van der Waals surface area contributed by atoms with Gasteiger partial charge in [-0.1, -0.05) is 25.1 Å². The van der Waals surface area contributed by atoms with E-state index >= 15 is 0 Å². The third-order valence-electron chi connectivity index (χ3n) is 6.39. The summed E-state index contributed by atoms with van der Waals surface area (Å²) in [5.74, 6) is -1.63. The van der Waals surface area contributed by atoms with Crippen LogP contribution in [0.1, 0.15) is 32.3 Å². The Morgan fingerprint density at radius 2 is 1.92 bits per heavy atom. The number of halogens is 4. The lowest BCUT2D eigenvalue weighted by Gasteiger charge is -2.31. The van der Waals surface area contributed by atoms with Crippen molar-refractivity contribution in [2.45, 2.75) is 45.1 Å². The number of hydrogen-bond donors (Lipinski definition) is 2. The number of aromatic nitrogens is 2. The van der Waals surface area contributed by atoms with Gasteiger partial charge in [0.05, 0.1) is 23.9 Å². The SMILES string of the molecule is CCC(C)(OCc1cc(F)cc(-c2cc(NC(=O)[C@@H]3CNC(=O)C3)nn2-c2ccccc2)c1)C(F)(F)F. The maximum absolute atomic E-state index is 14.6. The average Bonchev–Trinajstić information content (AvgIpc) is 3.48. The molecule has 37 heavy (non-hydrogen) atoms. The molecule has 2 aromatic carbocycles. The first-order valence-electron chi connectivity index (χ1n) is 11.7. The number of nitrogens with zero attached hydrogens (tertiary/aromatic N) is 2. The number of ether oxygens (including phenoxy) is 1. The van der Waals surface area contributed by atoms with Crippen molar-refractivity contribution >= 4 is 17.6 Å². The molecule has 0 saturated carbocycles. The van der Waals surface area contributed by atoms with Gasteiger partial charge in [0.25, 0.3) is 0 Å². The summed E-state index contributed by atoms with van der Waals surface area (Å²) >= 11 is 0. The van der Waals surface area contributed by atoms with E-state index in [1.807, 2.05) is 6.07 Å². The third kappa shape index (κ3) is 5.82. The van der Waals surface area contributed by atoms with E-state index in [4.69, 9.17) is 4.74 Å². The molecule has 1 aliphatic rings. The van der Waals surface area contributed by atoms with Crippen LogP contribution >= 0.6 is 0 Å². The first-order valence-corrected chi connectivity index (χ1v) is 11.7. The Morgan fingerprint density at radius 3 is 2.54 bits per heavy atom. The number of para-hydroxylation sites is 1. The third-order valence-corrected chi connectivity index (χ3v) is 6.39. The number of hydrogen-bond acceptors (Lipinski definition) is 4. The molecule has 0 bridgehead atoms. The first kappa shape index (κ1) is 26.3. The van der Waals surface area contributed by atoms with Crippen molar-refractivity contribution in [1.82, 2.24) is 15.1 Å². The smallest absolute Gasteiger partial charge is 0.361 e. The zero-order valence-corrected chi connectivity index (χ0v) is 20.2. The summed E-state index contributed by atoms with van der Waals surface area (Å²) < 4.78 is 61.7. The minimum atomic E-state index is -4.59. The van der Waals surface area contributed by atoms with Crippen LogP contribution in [-0.2, 0) is 20.9 Å². The van der Waals surface area contributed by atoms with Crippen LogP contribution in [0, 0.1) is 11.7 Å². The Hall–Kier alpha value is -3.73. The van der Waals surface area contributed by atoms with Gasteiger partial charge in [0.1, 0.15) is 5.82 Å². The van der Waals surface area contributed by atoms with Crippen LogP contribution < -0.4 is 10.6 Å². The molecule has 2 N–H and O–H groups in total. The molecule has 7 nitrogen and oxygen atoms in total. The molecule has 0 radical (unpaired) electrons. The van der Waals surface area contributed by atoms with Crippen molar-refractivity contribution in [3.8, 4) is 16.9 Å². The fraction of sp³-hybridized carbons (Fsp3) is 0.346. The predicted molar refractivity (Wildman–Crippen MR) is 128 cm³/mol. The van der Waals surface area contributed by atoms with Crippen molar-refractivity contribution in [2.24, 2.45) is 5.92 Å². The Bertz CT molecular complexity index is 1290. The van der Waals surface area contributed by atoms with E-state index in [0.29, 0.717) is 16.9 Å². The molecule has 0 spiro atoms. The highest BCUT2D eigenvalue weighted by molar-refractivity contribution is 5.97. The summed E-state index contributed by atoms with van der Waals surface area (Å²) in [5.41, 5.74) is -0.816. The van der Waals surface area contributed by atoms with Crippen LogP contribution in [0.3, 0.4) is 0 Å². The first-order chi connectivity index (χ1) is 17.5. The van der Waals surface area contributed by atoms with E-state index in [9.17, 15) is 27.2 Å². The molecule has 1 aliphatic heterocycles. The number of alkyl halides is 3. The molecular formula is C26H26F4N4O3. The summed E-state index contributed by atoms with van der Waals surface area (Å²) in [7, 11) is 0. The summed E-state index contributed by atoms with van der Waals surface area (Å²) in [6, 6.07) is 14.3. The van der Waals surface area contributed by atoms with Gasteiger partial charge in [-0.25, -0.2) is 9.07 Å². The highest BCUT2D eigenvalue weighted by Crippen LogP contribution is 2.37. The highest BCUT2D eigenvalue weighted by atomic mass is 19.4. The molecule has 1 unspecified atom stereocenters. The fourth-order valence-corrected chi connectivity index (χ4v) is 3.94. The summed E-state index contributed by atoms with van der Waals surface area (Å²) in [6.07, 6.45) is -4.82. The standard InChI is InChI=1S/C26H26F4N4O3/c1-3-25(2,26(28,29)30)37-15-16-9-17(11-19(27)10-16)21-13-22(32-24(36)18-12-23(35)31-14-18)33-34(21)20-7-5-4-6-8-20/h4-11,13,18H,3,12,14-15H2,1-2H3,(H,31,35)(H,32,33,36)/t18-,25?/m0/s1. The maximum atomic E-state index is 14.6. The monoisotopic (exact) mass is 518 g/mol. The van der Waals surface area contributed by atoms with Crippen LogP contribution in [0.15, 0.2) is 54.6 Å². The highest BCUT2D eigenvalue weighted by Gasteiger charge is 2.51. The van der Waals surface area contributed by atoms with Gasteiger partial charge in [-0.15, -0.1) is 5.10 Å². The second-order valence-electron chi connectivity index (χ2n) is 9.08. The largest absolute Gasteiger partial charge is 0.417 e. The molecule has 196 valence electrons. The minimum absolute atomic E-state index is 0.0694. The number of anilines is 1. The summed E-state index contributed by atoms with van der Waals surface area (Å²) in [5, 5.41) is 9.75. The lowest BCUT2D eigenvalue weighted by Crippen LogP contribution is -2.44. The van der Waals surface area contributed by atoms with E-state index < -0.39 is 30.1 Å². The fourth-order valence-electron chi connectivity index (χ4n) is 3.94. The van der Waals surface area contributed by atoms with E-state index in [1.54, 1.807) is 30.3 Å². The molecule has 1 saturated heterocycles. The number of amides is 2. The zero-order chi connectivity index (χ0) is 26.8. The number of carbonyl (C=O) groups is 2. The van der Waals surface area contributed by atoms with Gasteiger partial charge in [-0.3, -0.25) is 9.59 Å². The molecular weight excluding hydrogens is 492 g/mol. The lowest BCUT2D eigenvalue weighted by atomic mass is 10.0.